The average molecular weight is 541 g/mol. The number of nitrogens with zero attached hydrogens (tertiary/aromatic N) is 3. The Hall–Kier alpha value is -5.48. The molecule has 8 rings (SSSR count). The van der Waals surface area contributed by atoms with Crippen molar-refractivity contribution < 1.29 is 0 Å². The van der Waals surface area contributed by atoms with Crippen molar-refractivity contribution in [3.63, 3.8) is 0 Å². The summed E-state index contributed by atoms with van der Waals surface area (Å²) in [5.41, 5.74) is 12.3. The molecule has 0 atom stereocenters. The molecular weight excluding hydrogens is 512 g/mol. The van der Waals surface area contributed by atoms with E-state index in [9.17, 15) is 0 Å². The molecule has 0 radical (unpaired) electrons. The zero-order valence-corrected chi connectivity index (χ0v) is 23.5. The van der Waals surface area contributed by atoms with Gasteiger partial charge in [-0.2, -0.15) is 0 Å². The number of para-hydroxylation sites is 2. The highest BCUT2D eigenvalue weighted by Crippen LogP contribution is 2.37. The first-order valence-corrected chi connectivity index (χ1v) is 14.3. The molecule has 0 fully saturated rings. The van der Waals surface area contributed by atoms with Gasteiger partial charge in [0.1, 0.15) is 11.5 Å². The zero-order chi connectivity index (χ0) is 28.2. The largest absolute Gasteiger partial charge is 0.358 e. The van der Waals surface area contributed by atoms with Gasteiger partial charge in [-0.3, -0.25) is 4.57 Å². The third-order valence-electron chi connectivity index (χ3n) is 8.39. The van der Waals surface area contributed by atoms with Crippen molar-refractivity contribution >= 4 is 32.8 Å². The smallest absolute Gasteiger partial charge is 0.146 e. The minimum atomic E-state index is 0.849. The summed E-state index contributed by atoms with van der Waals surface area (Å²) in [5, 5.41) is 3.56. The molecule has 0 spiro atoms. The van der Waals surface area contributed by atoms with E-state index in [0.29, 0.717) is 0 Å². The van der Waals surface area contributed by atoms with Crippen LogP contribution in [0.25, 0.3) is 72.2 Å². The van der Waals surface area contributed by atoms with Crippen LogP contribution in [0.15, 0.2) is 128 Å². The number of pyridine rings is 2. The fraction of sp³-hybridized carbons (Fsp3) is 0.0526. The fourth-order valence-corrected chi connectivity index (χ4v) is 6.19. The third kappa shape index (κ3) is 3.84. The van der Waals surface area contributed by atoms with E-state index < -0.39 is 0 Å². The van der Waals surface area contributed by atoms with Crippen LogP contribution in [0.1, 0.15) is 11.3 Å². The number of aromatic amines is 1. The van der Waals surface area contributed by atoms with Crippen molar-refractivity contribution in [1.82, 2.24) is 19.5 Å². The van der Waals surface area contributed by atoms with Crippen molar-refractivity contribution in [2.24, 2.45) is 0 Å². The number of fused-ring (bicyclic) bond motifs is 4. The Balaban J connectivity index is 1.36. The van der Waals surface area contributed by atoms with E-state index >= 15 is 0 Å². The summed E-state index contributed by atoms with van der Waals surface area (Å²) in [5.74, 6) is 0.849. The van der Waals surface area contributed by atoms with Crippen molar-refractivity contribution in [3.8, 4) is 39.3 Å². The Labute approximate surface area is 244 Å². The molecule has 0 aliphatic heterocycles. The summed E-state index contributed by atoms with van der Waals surface area (Å²) in [6.45, 7) is 4.33. The van der Waals surface area contributed by atoms with Crippen LogP contribution < -0.4 is 0 Å². The number of hydrogen-bond acceptors (Lipinski definition) is 2. The van der Waals surface area contributed by atoms with Crippen molar-refractivity contribution in [2.75, 3.05) is 0 Å². The van der Waals surface area contributed by atoms with Gasteiger partial charge in [0, 0.05) is 39.2 Å². The Bertz CT molecular complexity index is 2220. The number of benzene rings is 4. The molecule has 4 heteroatoms. The highest BCUT2D eigenvalue weighted by atomic mass is 15.1. The van der Waals surface area contributed by atoms with Crippen LogP contribution >= 0.6 is 0 Å². The zero-order valence-electron chi connectivity index (χ0n) is 23.5. The number of rotatable bonds is 4. The van der Waals surface area contributed by atoms with E-state index in [1.807, 2.05) is 12.3 Å². The summed E-state index contributed by atoms with van der Waals surface area (Å²) in [7, 11) is 0. The third-order valence-corrected chi connectivity index (χ3v) is 8.39. The first kappa shape index (κ1) is 24.3. The highest BCUT2D eigenvalue weighted by molar-refractivity contribution is 6.07. The second kappa shape index (κ2) is 9.57. The molecular formula is C38H28N4. The summed E-state index contributed by atoms with van der Waals surface area (Å²) >= 11 is 0. The Morgan fingerprint density at radius 2 is 1.33 bits per heavy atom. The average Bonchev–Trinajstić information content (AvgIpc) is 3.54. The van der Waals surface area contributed by atoms with Crippen molar-refractivity contribution in [3.05, 3.63) is 139 Å². The van der Waals surface area contributed by atoms with Gasteiger partial charge in [0.15, 0.2) is 0 Å². The summed E-state index contributed by atoms with van der Waals surface area (Å²) in [4.78, 5) is 13.7. The molecule has 4 aromatic carbocycles. The van der Waals surface area contributed by atoms with Crippen LogP contribution in [0.3, 0.4) is 0 Å². The van der Waals surface area contributed by atoms with Gasteiger partial charge in [0.2, 0.25) is 0 Å². The van der Waals surface area contributed by atoms with Gasteiger partial charge in [0.05, 0.1) is 16.7 Å². The molecule has 1 N–H and O–H groups in total. The van der Waals surface area contributed by atoms with Crippen LogP contribution in [0, 0.1) is 13.8 Å². The van der Waals surface area contributed by atoms with Gasteiger partial charge in [-0.25, -0.2) is 9.97 Å². The molecule has 4 heterocycles. The summed E-state index contributed by atoms with van der Waals surface area (Å²) in [6.07, 6.45) is 1.85. The molecule has 4 aromatic heterocycles. The molecule has 0 aliphatic rings. The van der Waals surface area contributed by atoms with Gasteiger partial charge in [-0.1, -0.05) is 72.8 Å². The molecule has 4 nitrogen and oxygen atoms in total. The topological polar surface area (TPSA) is 46.5 Å². The Morgan fingerprint density at radius 1 is 0.595 bits per heavy atom. The number of H-pyrrole nitrogens is 1. The molecule has 42 heavy (non-hydrogen) atoms. The lowest BCUT2D eigenvalue weighted by Gasteiger charge is -2.13. The van der Waals surface area contributed by atoms with E-state index in [-0.39, 0.29) is 0 Å². The van der Waals surface area contributed by atoms with E-state index in [1.54, 1.807) is 0 Å². The first-order chi connectivity index (χ1) is 20.7. The molecule has 0 saturated carbocycles. The van der Waals surface area contributed by atoms with Crippen molar-refractivity contribution in [1.29, 1.82) is 0 Å². The molecule has 0 amide bonds. The van der Waals surface area contributed by atoms with Crippen LogP contribution in [0.5, 0.6) is 0 Å². The van der Waals surface area contributed by atoms with E-state index in [4.69, 9.17) is 9.97 Å². The number of nitrogens with one attached hydrogen (secondary N) is 1. The van der Waals surface area contributed by atoms with E-state index in [2.05, 4.69) is 139 Å². The minimum Gasteiger partial charge on any atom is -0.358 e. The molecule has 8 aromatic rings. The van der Waals surface area contributed by atoms with E-state index in [0.717, 1.165) is 44.8 Å². The van der Waals surface area contributed by atoms with Crippen LogP contribution in [-0.2, 0) is 0 Å². The lowest BCUT2D eigenvalue weighted by atomic mass is 9.94. The second-order valence-corrected chi connectivity index (χ2v) is 10.9. The highest BCUT2D eigenvalue weighted by Gasteiger charge is 2.16. The normalized spacial score (nSPS) is 11.6. The van der Waals surface area contributed by atoms with Gasteiger partial charge in [0.25, 0.3) is 0 Å². The molecule has 0 saturated heterocycles. The van der Waals surface area contributed by atoms with Crippen LogP contribution in [0.2, 0.25) is 0 Å². The second-order valence-electron chi connectivity index (χ2n) is 10.9. The number of hydrogen-bond donors (Lipinski definition) is 1. The molecule has 0 bridgehead atoms. The number of aromatic nitrogens is 4. The maximum Gasteiger partial charge on any atom is 0.146 e. The standard InChI is InChI=1S/C38H28N4/c1-24-25(2)40-37-30(24)14-8-15-31(37)28-21-27(26-11-4-3-5-12-26)22-29(23-28)34-17-9-19-36(41-34)42-35-18-7-6-13-32(35)33-16-10-20-39-38(33)42/h3-23,40H,1-2H3. The monoisotopic (exact) mass is 540 g/mol. The van der Waals surface area contributed by atoms with Gasteiger partial charge in [-0.15, -0.1) is 0 Å². The number of aryl methyl sites for hydroxylation is 2. The maximum absolute atomic E-state index is 5.25. The molecule has 0 aliphatic carbocycles. The minimum absolute atomic E-state index is 0.849. The van der Waals surface area contributed by atoms with Gasteiger partial charge < -0.3 is 4.98 Å². The summed E-state index contributed by atoms with van der Waals surface area (Å²) < 4.78 is 2.17. The van der Waals surface area contributed by atoms with Gasteiger partial charge in [-0.05, 0) is 84.6 Å². The lowest BCUT2D eigenvalue weighted by molar-refractivity contribution is 1.06. The maximum atomic E-state index is 5.25. The Kier molecular flexibility index (Phi) is 5.54. The van der Waals surface area contributed by atoms with Gasteiger partial charge >= 0.3 is 0 Å². The quantitative estimate of drug-likeness (QED) is 0.241. The van der Waals surface area contributed by atoms with Crippen LogP contribution in [-0.4, -0.2) is 19.5 Å². The van der Waals surface area contributed by atoms with Crippen LogP contribution in [0.4, 0.5) is 0 Å². The predicted molar refractivity (Wildman–Crippen MR) is 174 cm³/mol. The molecule has 200 valence electrons. The molecule has 0 unspecified atom stereocenters. The van der Waals surface area contributed by atoms with Crippen molar-refractivity contribution in [2.45, 2.75) is 13.8 Å². The lowest BCUT2D eigenvalue weighted by Crippen LogP contribution is -1.99. The predicted octanol–water partition coefficient (Wildman–Crippen LogP) is 9.67. The summed E-state index contributed by atoms with van der Waals surface area (Å²) in [6, 6.07) is 42.8. The van der Waals surface area contributed by atoms with E-state index in [1.165, 1.54) is 38.7 Å². The SMILES string of the molecule is Cc1[nH]c2c(-c3cc(-c4ccccc4)cc(-c4cccc(-n5c6ccccc6c6cccnc65)n4)c3)cccc2c1C. The Morgan fingerprint density at radius 3 is 2.24 bits per heavy atom. The first-order valence-electron chi connectivity index (χ1n) is 14.3. The fourth-order valence-electron chi connectivity index (χ4n) is 6.19.